The monoisotopic (exact) mass is 284 g/mol. The highest BCUT2D eigenvalue weighted by atomic mass is 16.5. The third-order valence-electron chi connectivity index (χ3n) is 4.78. The van der Waals surface area contributed by atoms with Crippen LogP contribution in [0.3, 0.4) is 0 Å². The van der Waals surface area contributed by atoms with Gasteiger partial charge in [0.15, 0.2) is 0 Å². The van der Waals surface area contributed by atoms with E-state index < -0.39 is 0 Å². The van der Waals surface area contributed by atoms with Crippen molar-refractivity contribution >= 4 is 10.9 Å². The molecule has 2 atom stereocenters. The average molecular weight is 284 g/mol. The zero-order valence-electron chi connectivity index (χ0n) is 12.7. The Bertz CT molecular complexity index is 587. The van der Waals surface area contributed by atoms with Gasteiger partial charge in [-0.15, -0.1) is 0 Å². The summed E-state index contributed by atoms with van der Waals surface area (Å²) in [6, 6.07) is 10.2. The molecular formula is C18H24N2O. The Morgan fingerprint density at radius 1 is 1.14 bits per heavy atom. The third-order valence-corrected chi connectivity index (χ3v) is 4.78. The molecule has 0 spiro atoms. The standard InChI is InChI=1S/C18H24N2O/c1-21-18(13-7-3-2-4-8-13)17(19)15-9-5-11-16-14(15)10-6-12-20-16/h5-6,9-13,17-18H,2-4,7-8,19H2,1H3. The van der Waals surface area contributed by atoms with E-state index in [1.165, 1.54) is 32.1 Å². The summed E-state index contributed by atoms with van der Waals surface area (Å²) in [5.41, 5.74) is 8.75. The Hall–Kier alpha value is -1.45. The number of pyridine rings is 1. The minimum atomic E-state index is -0.0917. The van der Waals surface area contributed by atoms with Crippen molar-refractivity contribution in [2.75, 3.05) is 7.11 Å². The summed E-state index contributed by atoms with van der Waals surface area (Å²) >= 11 is 0. The predicted molar refractivity (Wildman–Crippen MR) is 86.0 cm³/mol. The van der Waals surface area contributed by atoms with Crippen molar-refractivity contribution in [3.8, 4) is 0 Å². The molecule has 0 bridgehead atoms. The summed E-state index contributed by atoms with van der Waals surface area (Å²) in [5, 5.41) is 1.14. The summed E-state index contributed by atoms with van der Waals surface area (Å²) in [4.78, 5) is 4.43. The van der Waals surface area contributed by atoms with Gasteiger partial charge in [0.05, 0.1) is 17.7 Å². The van der Waals surface area contributed by atoms with Crippen LogP contribution in [0.25, 0.3) is 10.9 Å². The summed E-state index contributed by atoms with van der Waals surface area (Å²) < 4.78 is 5.81. The zero-order valence-corrected chi connectivity index (χ0v) is 12.7. The van der Waals surface area contributed by atoms with Gasteiger partial charge < -0.3 is 10.5 Å². The van der Waals surface area contributed by atoms with Gasteiger partial charge in [0, 0.05) is 18.7 Å². The Labute approximate surface area is 126 Å². The van der Waals surface area contributed by atoms with Crippen molar-refractivity contribution in [1.29, 1.82) is 0 Å². The summed E-state index contributed by atoms with van der Waals surface area (Å²) in [5.74, 6) is 0.575. The van der Waals surface area contributed by atoms with E-state index in [0.29, 0.717) is 5.92 Å². The molecule has 3 heteroatoms. The fourth-order valence-corrected chi connectivity index (χ4v) is 3.69. The van der Waals surface area contributed by atoms with Crippen molar-refractivity contribution < 1.29 is 4.74 Å². The third kappa shape index (κ3) is 2.94. The molecule has 3 nitrogen and oxygen atoms in total. The maximum Gasteiger partial charge on any atom is 0.0792 e. The van der Waals surface area contributed by atoms with Crippen LogP contribution in [0.4, 0.5) is 0 Å². The molecule has 1 aromatic heterocycles. The molecule has 21 heavy (non-hydrogen) atoms. The first kappa shape index (κ1) is 14.5. The number of hydrogen-bond acceptors (Lipinski definition) is 3. The molecule has 0 amide bonds. The van der Waals surface area contributed by atoms with Gasteiger partial charge in [-0.3, -0.25) is 4.98 Å². The Morgan fingerprint density at radius 2 is 1.95 bits per heavy atom. The van der Waals surface area contributed by atoms with Crippen LogP contribution in [0.15, 0.2) is 36.5 Å². The van der Waals surface area contributed by atoms with Crippen molar-refractivity contribution in [3.63, 3.8) is 0 Å². The highest BCUT2D eigenvalue weighted by Gasteiger charge is 2.30. The van der Waals surface area contributed by atoms with E-state index in [1.807, 2.05) is 24.4 Å². The lowest BCUT2D eigenvalue weighted by Crippen LogP contribution is -2.36. The van der Waals surface area contributed by atoms with Crippen LogP contribution < -0.4 is 5.73 Å². The molecule has 0 radical (unpaired) electrons. The Kier molecular flexibility index (Phi) is 4.51. The molecule has 0 saturated heterocycles. The summed E-state index contributed by atoms with van der Waals surface area (Å²) in [6.07, 6.45) is 8.33. The van der Waals surface area contributed by atoms with E-state index in [9.17, 15) is 0 Å². The minimum absolute atomic E-state index is 0.0917. The molecule has 112 valence electrons. The van der Waals surface area contributed by atoms with Crippen LogP contribution in [0.5, 0.6) is 0 Å². The molecule has 2 aromatic rings. The van der Waals surface area contributed by atoms with Gasteiger partial charge in [-0.05, 0) is 36.5 Å². The zero-order chi connectivity index (χ0) is 14.7. The van der Waals surface area contributed by atoms with Crippen molar-refractivity contribution in [3.05, 3.63) is 42.1 Å². The largest absolute Gasteiger partial charge is 0.379 e. The fourth-order valence-electron chi connectivity index (χ4n) is 3.69. The van der Waals surface area contributed by atoms with E-state index >= 15 is 0 Å². The van der Waals surface area contributed by atoms with Crippen molar-refractivity contribution in [1.82, 2.24) is 4.98 Å². The van der Waals surface area contributed by atoms with Crippen molar-refractivity contribution in [2.24, 2.45) is 11.7 Å². The quantitative estimate of drug-likeness (QED) is 0.928. The Balaban J connectivity index is 1.92. The maximum absolute atomic E-state index is 6.59. The molecule has 1 aliphatic carbocycles. The second-order valence-electron chi connectivity index (χ2n) is 6.04. The summed E-state index contributed by atoms with van der Waals surface area (Å²) in [6.45, 7) is 0. The number of nitrogens with zero attached hydrogens (tertiary/aromatic N) is 1. The van der Waals surface area contributed by atoms with Gasteiger partial charge in [-0.25, -0.2) is 0 Å². The molecule has 1 aromatic carbocycles. The van der Waals surface area contributed by atoms with E-state index in [4.69, 9.17) is 10.5 Å². The van der Waals surface area contributed by atoms with E-state index in [0.717, 1.165) is 16.5 Å². The van der Waals surface area contributed by atoms with Crippen LogP contribution in [0.2, 0.25) is 0 Å². The summed E-state index contributed by atoms with van der Waals surface area (Å²) in [7, 11) is 1.79. The number of hydrogen-bond donors (Lipinski definition) is 1. The molecule has 2 N–H and O–H groups in total. The van der Waals surface area contributed by atoms with Crippen LogP contribution in [0.1, 0.15) is 43.7 Å². The van der Waals surface area contributed by atoms with Crippen LogP contribution >= 0.6 is 0 Å². The van der Waals surface area contributed by atoms with Crippen molar-refractivity contribution in [2.45, 2.75) is 44.2 Å². The van der Waals surface area contributed by atoms with Crippen LogP contribution in [-0.2, 0) is 4.74 Å². The smallest absolute Gasteiger partial charge is 0.0792 e. The van der Waals surface area contributed by atoms with Gasteiger partial charge in [-0.2, -0.15) is 0 Å². The minimum Gasteiger partial charge on any atom is -0.379 e. The first-order valence-corrected chi connectivity index (χ1v) is 7.93. The number of rotatable bonds is 4. The lowest BCUT2D eigenvalue weighted by Gasteiger charge is -2.33. The highest BCUT2D eigenvalue weighted by Crippen LogP contribution is 2.34. The number of benzene rings is 1. The van der Waals surface area contributed by atoms with Gasteiger partial charge in [-0.1, -0.05) is 37.5 Å². The van der Waals surface area contributed by atoms with Gasteiger partial charge in [0.1, 0.15) is 0 Å². The molecule has 1 aliphatic rings. The molecule has 2 unspecified atom stereocenters. The Morgan fingerprint density at radius 3 is 2.71 bits per heavy atom. The molecule has 1 saturated carbocycles. The van der Waals surface area contributed by atoms with Gasteiger partial charge >= 0.3 is 0 Å². The predicted octanol–water partition coefficient (Wildman–Crippen LogP) is 3.83. The number of methoxy groups -OCH3 is 1. The molecule has 1 fully saturated rings. The number of aromatic nitrogens is 1. The van der Waals surface area contributed by atoms with Gasteiger partial charge in [0.2, 0.25) is 0 Å². The SMILES string of the molecule is COC(C1CCCCC1)C(N)c1cccc2ncccc12. The van der Waals surface area contributed by atoms with Crippen LogP contribution in [0, 0.1) is 5.92 Å². The topological polar surface area (TPSA) is 48.1 Å². The molecule has 1 heterocycles. The van der Waals surface area contributed by atoms with Gasteiger partial charge in [0.25, 0.3) is 0 Å². The molecule has 3 rings (SSSR count). The van der Waals surface area contributed by atoms with Crippen LogP contribution in [-0.4, -0.2) is 18.2 Å². The number of fused-ring (bicyclic) bond motifs is 1. The first-order chi connectivity index (χ1) is 10.3. The molecule has 0 aliphatic heterocycles. The average Bonchev–Trinajstić information content (AvgIpc) is 2.56. The van der Waals surface area contributed by atoms with E-state index in [2.05, 4.69) is 17.1 Å². The number of nitrogens with two attached hydrogens (primary N) is 1. The first-order valence-electron chi connectivity index (χ1n) is 7.93. The maximum atomic E-state index is 6.59. The van der Waals surface area contributed by atoms with E-state index in [1.54, 1.807) is 7.11 Å². The number of ether oxygens (including phenoxy) is 1. The normalized spacial score (nSPS) is 19.5. The fraction of sp³-hybridized carbons (Fsp3) is 0.500. The van der Waals surface area contributed by atoms with E-state index in [-0.39, 0.29) is 12.1 Å². The lowest BCUT2D eigenvalue weighted by atomic mass is 9.80. The second-order valence-corrected chi connectivity index (χ2v) is 6.04. The molecular weight excluding hydrogens is 260 g/mol. The second kappa shape index (κ2) is 6.54. The lowest BCUT2D eigenvalue weighted by molar-refractivity contribution is 0.0176. The highest BCUT2D eigenvalue weighted by molar-refractivity contribution is 5.82.